The van der Waals surface area contributed by atoms with Gasteiger partial charge < -0.3 is 9.84 Å². The van der Waals surface area contributed by atoms with Gasteiger partial charge >= 0.3 is 6.09 Å². The van der Waals surface area contributed by atoms with E-state index in [0.29, 0.717) is 4.57 Å². The predicted octanol–water partition coefficient (Wildman–Crippen LogP) is 2.95. The van der Waals surface area contributed by atoms with Gasteiger partial charge in [0.25, 0.3) is 5.56 Å². The van der Waals surface area contributed by atoms with E-state index in [1.165, 1.54) is 17.8 Å². The number of pyridine rings is 1. The van der Waals surface area contributed by atoms with E-state index in [4.69, 9.17) is 9.84 Å². The van der Waals surface area contributed by atoms with E-state index in [0.717, 1.165) is 37.0 Å². The maximum atomic E-state index is 11.6. The summed E-state index contributed by atoms with van der Waals surface area (Å²) in [6.45, 7) is 0. The van der Waals surface area contributed by atoms with Crippen molar-refractivity contribution in [3.8, 4) is 5.75 Å². The number of ether oxygens (including phenoxy) is 1. The van der Waals surface area contributed by atoms with E-state index in [-0.39, 0.29) is 0 Å². The van der Waals surface area contributed by atoms with Crippen LogP contribution in [-0.4, -0.2) is 22.9 Å². The van der Waals surface area contributed by atoms with Crippen molar-refractivity contribution in [1.82, 2.24) is 4.57 Å². The summed E-state index contributed by atoms with van der Waals surface area (Å²) in [5.41, 5.74) is 1.62. The minimum absolute atomic E-state index is 0.500. The van der Waals surface area contributed by atoms with Crippen molar-refractivity contribution in [2.45, 2.75) is 25.7 Å². The van der Waals surface area contributed by atoms with Crippen LogP contribution in [0.25, 0.3) is 0 Å². The van der Waals surface area contributed by atoms with Crippen LogP contribution in [0.2, 0.25) is 0 Å². The fourth-order valence-electron chi connectivity index (χ4n) is 2.28. The summed E-state index contributed by atoms with van der Waals surface area (Å²) in [6, 6.07) is 11.1. The van der Waals surface area contributed by atoms with E-state index in [1.807, 2.05) is 24.3 Å². The predicted molar refractivity (Wildman–Crippen MR) is 83.8 cm³/mol. The fourth-order valence-corrected chi connectivity index (χ4v) is 2.28. The van der Waals surface area contributed by atoms with Crippen LogP contribution in [0.3, 0.4) is 0 Å². The number of unbranched alkanes of at least 4 members (excludes halogenated alkanes) is 1. The van der Waals surface area contributed by atoms with Crippen LogP contribution in [0.5, 0.6) is 5.75 Å². The first-order valence-corrected chi connectivity index (χ1v) is 7.18. The lowest BCUT2D eigenvalue weighted by Crippen LogP contribution is -2.24. The third-order valence-corrected chi connectivity index (χ3v) is 3.53. The van der Waals surface area contributed by atoms with Gasteiger partial charge in [-0.25, -0.2) is 9.36 Å². The second-order valence-corrected chi connectivity index (χ2v) is 5.08. The molecule has 0 unspecified atom stereocenters. The van der Waals surface area contributed by atoms with Crippen LogP contribution < -0.4 is 10.3 Å². The SMILES string of the molecule is COc1ccc(CCCCc2ccn(C(=O)O)c(=O)c2)cc1. The molecule has 0 spiro atoms. The highest BCUT2D eigenvalue weighted by atomic mass is 16.5. The van der Waals surface area contributed by atoms with Gasteiger partial charge in [-0.2, -0.15) is 0 Å². The average Bonchev–Trinajstić information content (AvgIpc) is 2.52. The van der Waals surface area contributed by atoms with Crippen LogP contribution in [-0.2, 0) is 12.8 Å². The topological polar surface area (TPSA) is 68.5 Å². The van der Waals surface area contributed by atoms with E-state index in [1.54, 1.807) is 13.2 Å². The Hall–Kier alpha value is -2.56. The van der Waals surface area contributed by atoms with Crippen molar-refractivity contribution in [3.05, 3.63) is 64.1 Å². The molecule has 1 heterocycles. The van der Waals surface area contributed by atoms with Gasteiger partial charge in [-0.15, -0.1) is 0 Å². The lowest BCUT2D eigenvalue weighted by atomic mass is 10.0. The number of hydrogen-bond donors (Lipinski definition) is 1. The average molecular weight is 301 g/mol. The molecule has 0 aliphatic heterocycles. The zero-order valence-corrected chi connectivity index (χ0v) is 12.5. The molecular weight excluding hydrogens is 282 g/mol. The van der Waals surface area contributed by atoms with Crippen LogP contribution in [0.15, 0.2) is 47.4 Å². The molecular formula is C17H19NO4. The Balaban J connectivity index is 1.82. The van der Waals surface area contributed by atoms with E-state index in [9.17, 15) is 9.59 Å². The van der Waals surface area contributed by atoms with Crippen molar-refractivity contribution >= 4 is 6.09 Å². The number of carbonyl (C=O) groups is 1. The second-order valence-electron chi connectivity index (χ2n) is 5.08. The first kappa shape index (κ1) is 15.8. The van der Waals surface area contributed by atoms with E-state index < -0.39 is 11.7 Å². The molecule has 0 saturated heterocycles. The molecule has 0 fully saturated rings. The van der Waals surface area contributed by atoms with Gasteiger partial charge in [0.05, 0.1) is 7.11 Å². The minimum Gasteiger partial charge on any atom is -0.497 e. The number of carboxylic acid groups (broad SMARTS) is 1. The van der Waals surface area contributed by atoms with E-state index >= 15 is 0 Å². The van der Waals surface area contributed by atoms with Gasteiger partial charge in [-0.3, -0.25) is 4.79 Å². The van der Waals surface area contributed by atoms with Crippen molar-refractivity contribution in [3.63, 3.8) is 0 Å². The molecule has 2 aromatic rings. The molecule has 0 bridgehead atoms. The molecule has 0 saturated carbocycles. The van der Waals surface area contributed by atoms with E-state index in [2.05, 4.69) is 0 Å². The number of nitrogens with zero attached hydrogens (tertiary/aromatic N) is 1. The molecule has 0 amide bonds. The fraction of sp³-hybridized carbons (Fsp3) is 0.294. The Morgan fingerprint density at radius 1 is 1.09 bits per heavy atom. The van der Waals surface area contributed by atoms with Crippen molar-refractivity contribution < 1.29 is 14.6 Å². The highest BCUT2D eigenvalue weighted by Gasteiger charge is 2.04. The van der Waals surface area contributed by atoms with Crippen molar-refractivity contribution in [2.75, 3.05) is 7.11 Å². The van der Waals surface area contributed by atoms with Gasteiger partial charge in [-0.1, -0.05) is 12.1 Å². The number of aryl methyl sites for hydroxylation is 2. The lowest BCUT2D eigenvalue weighted by Gasteiger charge is -2.05. The van der Waals surface area contributed by atoms with Crippen LogP contribution in [0.4, 0.5) is 4.79 Å². The quantitative estimate of drug-likeness (QED) is 0.833. The van der Waals surface area contributed by atoms with Crippen molar-refractivity contribution in [1.29, 1.82) is 0 Å². The van der Waals surface area contributed by atoms with Crippen LogP contribution in [0.1, 0.15) is 24.0 Å². The highest BCUT2D eigenvalue weighted by Crippen LogP contribution is 2.14. The summed E-state index contributed by atoms with van der Waals surface area (Å²) in [6.07, 6.45) is 3.75. The summed E-state index contributed by atoms with van der Waals surface area (Å²) in [5, 5.41) is 8.79. The van der Waals surface area contributed by atoms with Crippen molar-refractivity contribution in [2.24, 2.45) is 0 Å². The third-order valence-electron chi connectivity index (χ3n) is 3.53. The summed E-state index contributed by atoms with van der Waals surface area (Å²) in [5.74, 6) is 0.850. The van der Waals surface area contributed by atoms with Gasteiger partial charge in [0.15, 0.2) is 0 Å². The molecule has 0 atom stereocenters. The zero-order valence-electron chi connectivity index (χ0n) is 12.5. The molecule has 0 radical (unpaired) electrons. The maximum absolute atomic E-state index is 11.6. The number of aromatic nitrogens is 1. The Morgan fingerprint density at radius 3 is 2.27 bits per heavy atom. The number of rotatable bonds is 6. The molecule has 0 aliphatic carbocycles. The molecule has 0 aliphatic rings. The number of hydrogen-bond acceptors (Lipinski definition) is 3. The monoisotopic (exact) mass is 301 g/mol. The first-order chi connectivity index (χ1) is 10.6. The van der Waals surface area contributed by atoms with Crippen LogP contribution >= 0.6 is 0 Å². The zero-order chi connectivity index (χ0) is 15.9. The largest absolute Gasteiger partial charge is 0.497 e. The molecule has 1 N–H and O–H groups in total. The Morgan fingerprint density at radius 2 is 1.73 bits per heavy atom. The van der Waals surface area contributed by atoms with Gasteiger partial charge in [0.2, 0.25) is 0 Å². The summed E-state index contributed by atoms with van der Waals surface area (Å²) in [4.78, 5) is 22.3. The molecule has 2 rings (SSSR count). The third kappa shape index (κ3) is 4.22. The highest BCUT2D eigenvalue weighted by molar-refractivity contribution is 5.67. The smallest absolute Gasteiger partial charge is 0.418 e. The second kappa shape index (κ2) is 7.45. The first-order valence-electron chi connectivity index (χ1n) is 7.18. The lowest BCUT2D eigenvalue weighted by molar-refractivity contribution is 0.195. The van der Waals surface area contributed by atoms with Crippen LogP contribution in [0, 0.1) is 0 Å². The maximum Gasteiger partial charge on any atom is 0.418 e. The molecule has 5 heteroatoms. The molecule has 5 nitrogen and oxygen atoms in total. The standard InChI is InChI=1S/C17H19NO4/c1-22-15-8-6-13(7-9-15)4-2-3-5-14-10-11-18(17(20)21)16(19)12-14/h6-12H,2-5H2,1H3,(H,20,21). The normalized spacial score (nSPS) is 10.4. The number of methoxy groups -OCH3 is 1. The molecule has 1 aromatic carbocycles. The Labute approximate surface area is 128 Å². The van der Waals surface area contributed by atoms with Gasteiger partial charge in [0, 0.05) is 12.3 Å². The summed E-state index contributed by atoms with van der Waals surface area (Å²) >= 11 is 0. The minimum atomic E-state index is -1.25. The molecule has 1 aromatic heterocycles. The number of benzene rings is 1. The Kier molecular flexibility index (Phi) is 5.36. The summed E-state index contributed by atoms with van der Waals surface area (Å²) in [7, 11) is 1.65. The molecule has 22 heavy (non-hydrogen) atoms. The van der Waals surface area contributed by atoms with Gasteiger partial charge in [-0.05, 0) is 55.0 Å². The molecule has 116 valence electrons. The Bertz CT molecular complexity index is 689. The summed E-state index contributed by atoms with van der Waals surface area (Å²) < 4.78 is 5.80. The van der Waals surface area contributed by atoms with Gasteiger partial charge in [0.1, 0.15) is 5.75 Å².